The first-order chi connectivity index (χ1) is 19.9. The van der Waals surface area contributed by atoms with Crippen molar-refractivity contribution in [3.05, 3.63) is 83.9 Å². The van der Waals surface area contributed by atoms with Gasteiger partial charge in [-0.25, -0.2) is 0 Å². The molecule has 4 N–H and O–H groups in total. The van der Waals surface area contributed by atoms with Crippen LogP contribution in [0.4, 0.5) is 0 Å². The van der Waals surface area contributed by atoms with Crippen LogP contribution >= 0.6 is 21.6 Å². The number of rotatable bonds is 4. The fourth-order valence-corrected chi connectivity index (χ4v) is 6.76. The van der Waals surface area contributed by atoms with Gasteiger partial charge in [0.15, 0.2) is 0 Å². The monoisotopic (exact) mass is 597 g/mol. The molecule has 9 nitrogen and oxygen atoms in total. The molecule has 41 heavy (non-hydrogen) atoms. The molecule has 0 radical (unpaired) electrons. The van der Waals surface area contributed by atoms with E-state index in [4.69, 9.17) is 4.74 Å². The van der Waals surface area contributed by atoms with E-state index in [2.05, 4.69) is 16.0 Å². The number of fused-ring (bicyclic) bond motifs is 7. The van der Waals surface area contributed by atoms with Gasteiger partial charge in [-0.2, -0.15) is 0 Å². The molecule has 1 saturated heterocycles. The molecule has 5 atom stereocenters. The predicted molar refractivity (Wildman–Crippen MR) is 160 cm³/mol. The number of benzene rings is 2. The number of ether oxygens (including phenoxy) is 1. The van der Waals surface area contributed by atoms with Crippen LogP contribution in [0.5, 0.6) is 0 Å². The molecule has 0 aliphatic carbocycles. The van der Waals surface area contributed by atoms with Gasteiger partial charge in [-0.3, -0.25) is 19.2 Å². The summed E-state index contributed by atoms with van der Waals surface area (Å²) in [5, 5.41) is 19.6. The van der Waals surface area contributed by atoms with E-state index < -0.39 is 54.0 Å². The topological polar surface area (TPSA) is 134 Å². The second-order valence-corrected chi connectivity index (χ2v) is 12.6. The van der Waals surface area contributed by atoms with Crippen molar-refractivity contribution < 1.29 is 29.0 Å². The smallest absolute Gasteiger partial charge is 0.309 e. The van der Waals surface area contributed by atoms with E-state index in [-0.39, 0.29) is 31.4 Å². The van der Waals surface area contributed by atoms with Crippen molar-refractivity contribution in [1.29, 1.82) is 0 Å². The molecule has 2 heterocycles. The third-order valence-corrected chi connectivity index (χ3v) is 9.19. The van der Waals surface area contributed by atoms with Crippen molar-refractivity contribution in [1.82, 2.24) is 16.0 Å². The maximum Gasteiger partial charge on any atom is 0.309 e. The van der Waals surface area contributed by atoms with E-state index >= 15 is 0 Å². The number of aliphatic hydroxyl groups is 1. The highest BCUT2D eigenvalue weighted by Gasteiger charge is 2.32. The minimum atomic E-state index is -1.26. The Morgan fingerprint density at radius 2 is 1.49 bits per heavy atom. The van der Waals surface area contributed by atoms with E-state index in [9.17, 15) is 24.3 Å². The first-order valence-corrected chi connectivity index (χ1v) is 16.1. The molecule has 2 aliphatic heterocycles. The Bertz CT molecular complexity index is 1210. The third-order valence-electron chi connectivity index (χ3n) is 6.74. The molecular formula is C30H35N3O6S2. The zero-order valence-corrected chi connectivity index (χ0v) is 24.2. The molecule has 2 aliphatic rings. The predicted octanol–water partition coefficient (Wildman–Crippen LogP) is 2.33. The van der Waals surface area contributed by atoms with Crippen molar-refractivity contribution >= 4 is 45.3 Å². The molecule has 218 valence electrons. The van der Waals surface area contributed by atoms with Gasteiger partial charge in [-0.15, -0.1) is 0 Å². The molecule has 4 rings (SSSR count). The fourth-order valence-electron chi connectivity index (χ4n) is 4.60. The first kappa shape index (κ1) is 30.7. The van der Waals surface area contributed by atoms with E-state index in [1.165, 1.54) is 10.8 Å². The number of hydrogen-bond donors (Lipinski definition) is 4. The molecule has 2 aromatic carbocycles. The molecular weight excluding hydrogens is 562 g/mol. The van der Waals surface area contributed by atoms with Crippen molar-refractivity contribution in [2.75, 3.05) is 11.5 Å². The van der Waals surface area contributed by atoms with E-state index in [1.54, 1.807) is 16.9 Å². The van der Waals surface area contributed by atoms with Gasteiger partial charge in [0.1, 0.15) is 18.2 Å². The van der Waals surface area contributed by atoms with Crippen LogP contribution in [0.15, 0.2) is 72.8 Å². The number of allylic oxidation sites excluding steroid dienone is 1. The third kappa shape index (κ3) is 9.94. The van der Waals surface area contributed by atoms with Gasteiger partial charge in [0.25, 0.3) is 0 Å². The number of esters is 1. The average Bonchev–Trinajstić information content (AvgIpc) is 2.95. The SMILES string of the molecule is O=C1C[C@H]2/C=C/CCSSC[C@@H](NC(=O)[C@@H](Cc3ccccc3)N1)C(=O)N[C@H](Cc1ccccc1)[C@@H](O)CC(=O)O2. The summed E-state index contributed by atoms with van der Waals surface area (Å²) >= 11 is 0. The maximum atomic E-state index is 13.6. The normalized spacial score (nSPS) is 27.6. The van der Waals surface area contributed by atoms with Crippen molar-refractivity contribution in [2.24, 2.45) is 0 Å². The van der Waals surface area contributed by atoms with Crippen LogP contribution in [0.25, 0.3) is 0 Å². The Balaban J connectivity index is 1.68. The lowest BCUT2D eigenvalue weighted by Crippen LogP contribution is -2.57. The largest absolute Gasteiger partial charge is 0.457 e. The minimum Gasteiger partial charge on any atom is -0.457 e. The Morgan fingerprint density at radius 3 is 2.20 bits per heavy atom. The minimum absolute atomic E-state index is 0.188. The maximum absolute atomic E-state index is 13.6. The Kier molecular flexibility index (Phi) is 11.7. The summed E-state index contributed by atoms with van der Waals surface area (Å²) < 4.78 is 5.62. The van der Waals surface area contributed by atoms with Gasteiger partial charge >= 0.3 is 5.97 Å². The Hall–Kier alpha value is -3.28. The number of carbonyl (C=O) groups excluding carboxylic acids is 4. The molecule has 0 aromatic heterocycles. The first-order valence-electron chi connectivity index (χ1n) is 13.6. The summed E-state index contributed by atoms with van der Waals surface area (Å²) in [5.41, 5.74) is 1.70. The molecule has 0 spiro atoms. The van der Waals surface area contributed by atoms with Crippen LogP contribution in [0.1, 0.15) is 30.4 Å². The quantitative estimate of drug-likeness (QED) is 0.240. The Labute approximate surface area is 247 Å². The van der Waals surface area contributed by atoms with Crippen molar-refractivity contribution in [2.45, 2.75) is 62.4 Å². The van der Waals surface area contributed by atoms with Crippen LogP contribution in [-0.2, 0) is 36.8 Å². The molecule has 1 fully saturated rings. The van der Waals surface area contributed by atoms with Gasteiger partial charge in [0, 0.05) is 17.9 Å². The molecule has 11 heteroatoms. The zero-order chi connectivity index (χ0) is 29.0. The second kappa shape index (κ2) is 15.6. The highest BCUT2D eigenvalue weighted by Crippen LogP contribution is 2.24. The summed E-state index contributed by atoms with van der Waals surface area (Å²) in [7, 11) is 3.02. The second-order valence-electron chi connectivity index (χ2n) is 10.0. The number of carbonyl (C=O) groups is 4. The number of amides is 3. The number of nitrogens with one attached hydrogen (secondary N) is 3. The fraction of sp³-hybridized carbons (Fsp3) is 0.400. The van der Waals surface area contributed by atoms with Crippen LogP contribution < -0.4 is 16.0 Å². The average molecular weight is 598 g/mol. The zero-order valence-electron chi connectivity index (χ0n) is 22.6. The van der Waals surface area contributed by atoms with Crippen LogP contribution in [0, 0.1) is 0 Å². The lowest BCUT2D eigenvalue weighted by atomic mass is 9.98. The molecule has 2 bridgehead atoms. The summed E-state index contributed by atoms with van der Waals surface area (Å²) in [6.07, 6.45) is 1.98. The van der Waals surface area contributed by atoms with Gasteiger partial charge in [0.05, 0.1) is 25.0 Å². The summed E-state index contributed by atoms with van der Waals surface area (Å²) in [4.78, 5) is 53.2. The molecule has 2 aromatic rings. The van der Waals surface area contributed by atoms with E-state index in [0.717, 1.165) is 16.9 Å². The number of aliphatic hydroxyl groups excluding tert-OH is 1. The van der Waals surface area contributed by atoms with Crippen LogP contribution in [-0.4, -0.2) is 70.6 Å². The summed E-state index contributed by atoms with van der Waals surface area (Å²) in [5.74, 6) is -1.14. The summed E-state index contributed by atoms with van der Waals surface area (Å²) in [6.45, 7) is 0. The van der Waals surface area contributed by atoms with Crippen molar-refractivity contribution in [3.8, 4) is 0 Å². The molecule has 0 saturated carbocycles. The standard InChI is InChI=1S/C30H35N3O6S2/c34-26-18-28(36)39-22-13-7-8-14-40-41-19-25(30(38)32-23(26)15-20-9-3-1-4-10-20)33-29(37)24(31-27(35)17-22)16-21-11-5-2-6-12-21/h1-7,9-13,22-26,34H,8,14-19H2,(H,31,35)(H,32,38)(H,33,37)/b13-7+/t22-,23-,24-,25-,26+/m1/s1. The van der Waals surface area contributed by atoms with Gasteiger partial charge < -0.3 is 25.8 Å². The Morgan fingerprint density at radius 1 is 0.805 bits per heavy atom. The van der Waals surface area contributed by atoms with Crippen molar-refractivity contribution in [3.63, 3.8) is 0 Å². The highest BCUT2D eigenvalue weighted by atomic mass is 33.1. The van der Waals surface area contributed by atoms with E-state index in [1.807, 2.05) is 66.7 Å². The summed E-state index contributed by atoms with van der Waals surface area (Å²) in [6, 6.07) is 15.9. The van der Waals surface area contributed by atoms with Gasteiger partial charge in [0.2, 0.25) is 17.7 Å². The highest BCUT2D eigenvalue weighted by molar-refractivity contribution is 8.76. The lowest BCUT2D eigenvalue weighted by Gasteiger charge is -2.27. The lowest BCUT2D eigenvalue weighted by molar-refractivity contribution is -0.151. The number of hydrogen-bond acceptors (Lipinski definition) is 8. The van der Waals surface area contributed by atoms with Crippen LogP contribution in [0.3, 0.4) is 0 Å². The van der Waals surface area contributed by atoms with Gasteiger partial charge in [-0.1, -0.05) is 88.3 Å². The van der Waals surface area contributed by atoms with Gasteiger partial charge in [-0.05, 0) is 30.0 Å². The van der Waals surface area contributed by atoms with Crippen LogP contribution in [0.2, 0.25) is 0 Å². The molecule has 0 unspecified atom stereocenters. The molecule has 3 amide bonds. The van der Waals surface area contributed by atoms with E-state index in [0.29, 0.717) is 6.42 Å².